The molecule has 1 N–H and O–H groups in total. The average Bonchev–Trinajstić information content (AvgIpc) is 2.15. The van der Waals surface area contributed by atoms with Crippen molar-refractivity contribution in [3.8, 4) is 5.75 Å². The molecular weight excluding hydrogens is 167 g/mol. The molecule has 0 atom stereocenters. The van der Waals surface area contributed by atoms with Crippen molar-refractivity contribution in [3.63, 3.8) is 0 Å². The van der Waals surface area contributed by atoms with Crippen molar-refractivity contribution in [2.45, 2.75) is 6.92 Å². The Morgan fingerprint density at radius 3 is 2.46 bits per heavy atom. The third-order valence-corrected chi connectivity index (χ3v) is 2.18. The van der Waals surface area contributed by atoms with Crippen LogP contribution in [0.3, 0.4) is 0 Å². The van der Waals surface area contributed by atoms with Crippen LogP contribution in [0.5, 0.6) is 5.75 Å². The molecular formula is C11H9FO. The fourth-order valence-corrected chi connectivity index (χ4v) is 1.50. The van der Waals surface area contributed by atoms with Crippen LogP contribution in [0.15, 0.2) is 30.3 Å². The Morgan fingerprint density at radius 1 is 1.15 bits per heavy atom. The Hall–Kier alpha value is -1.57. The van der Waals surface area contributed by atoms with Crippen molar-refractivity contribution in [2.75, 3.05) is 0 Å². The lowest BCUT2D eigenvalue weighted by Gasteiger charge is -2.04. The van der Waals surface area contributed by atoms with E-state index in [1.54, 1.807) is 12.1 Å². The van der Waals surface area contributed by atoms with E-state index in [0.29, 0.717) is 5.39 Å². The van der Waals surface area contributed by atoms with Gasteiger partial charge in [0.1, 0.15) is 0 Å². The van der Waals surface area contributed by atoms with Crippen LogP contribution in [0.2, 0.25) is 0 Å². The molecule has 0 aromatic heterocycles. The van der Waals surface area contributed by atoms with Crippen LogP contribution < -0.4 is 0 Å². The van der Waals surface area contributed by atoms with E-state index in [1.807, 2.05) is 19.1 Å². The zero-order chi connectivity index (χ0) is 9.42. The number of fused-ring (bicyclic) bond motifs is 1. The van der Waals surface area contributed by atoms with Gasteiger partial charge >= 0.3 is 0 Å². The fourth-order valence-electron chi connectivity index (χ4n) is 1.50. The second-order valence-corrected chi connectivity index (χ2v) is 3.07. The minimum absolute atomic E-state index is 0.263. The van der Waals surface area contributed by atoms with E-state index >= 15 is 0 Å². The molecule has 2 rings (SSSR count). The highest BCUT2D eigenvalue weighted by molar-refractivity contribution is 5.90. The summed E-state index contributed by atoms with van der Waals surface area (Å²) in [6.45, 7) is 1.82. The van der Waals surface area contributed by atoms with Crippen LogP contribution >= 0.6 is 0 Å². The first-order valence-electron chi connectivity index (χ1n) is 4.07. The lowest BCUT2D eigenvalue weighted by molar-refractivity contribution is 0.438. The average molecular weight is 176 g/mol. The third-order valence-electron chi connectivity index (χ3n) is 2.18. The van der Waals surface area contributed by atoms with Crippen molar-refractivity contribution < 1.29 is 9.50 Å². The molecule has 66 valence electrons. The van der Waals surface area contributed by atoms with Gasteiger partial charge < -0.3 is 5.11 Å². The Bertz CT molecular complexity index is 463. The van der Waals surface area contributed by atoms with Crippen LogP contribution in [-0.2, 0) is 0 Å². The minimum Gasteiger partial charge on any atom is -0.504 e. The summed E-state index contributed by atoms with van der Waals surface area (Å²) in [6.07, 6.45) is 0. The van der Waals surface area contributed by atoms with Crippen molar-refractivity contribution in [1.82, 2.24) is 0 Å². The van der Waals surface area contributed by atoms with Gasteiger partial charge in [-0.25, -0.2) is 4.39 Å². The number of hydrogen-bond donors (Lipinski definition) is 1. The molecule has 0 unspecified atom stereocenters. The molecule has 0 saturated carbocycles. The van der Waals surface area contributed by atoms with Crippen LogP contribution in [0.1, 0.15) is 5.56 Å². The van der Waals surface area contributed by atoms with Crippen molar-refractivity contribution in [2.24, 2.45) is 0 Å². The molecule has 0 radical (unpaired) electrons. The molecule has 0 spiro atoms. The molecule has 0 bridgehead atoms. The predicted molar refractivity (Wildman–Crippen MR) is 50.3 cm³/mol. The summed E-state index contributed by atoms with van der Waals surface area (Å²) in [5.74, 6) is -0.822. The molecule has 13 heavy (non-hydrogen) atoms. The van der Waals surface area contributed by atoms with Gasteiger partial charge in [0.2, 0.25) is 0 Å². The van der Waals surface area contributed by atoms with Gasteiger partial charge in [0.05, 0.1) is 0 Å². The van der Waals surface area contributed by atoms with Gasteiger partial charge in [-0.15, -0.1) is 0 Å². The van der Waals surface area contributed by atoms with Crippen LogP contribution in [0.25, 0.3) is 10.8 Å². The summed E-state index contributed by atoms with van der Waals surface area (Å²) in [5, 5.41) is 10.9. The van der Waals surface area contributed by atoms with Crippen molar-refractivity contribution in [1.29, 1.82) is 0 Å². The summed E-state index contributed by atoms with van der Waals surface area (Å²) < 4.78 is 13.1. The second-order valence-electron chi connectivity index (χ2n) is 3.07. The SMILES string of the molecule is Cc1cc(F)c(O)c2ccccc12. The zero-order valence-corrected chi connectivity index (χ0v) is 7.21. The smallest absolute Gasteiger partial charge is 0.165 e. The first-order chi connectivity index (χ1) is 6.20. The highest BCUT2D eigenvalue weighted by Gasteiger charge is 2.07. The number of benzene rings is 2. The lowest BCUT2D eigenvalue weighted by atomic mass is 10.0. The quantitative estimate of drug-likeness (QED) is 0.654. The van der Waals surface area contributed by atoms with E-state index in [2.05, 4.69) is 0 Å². The van der Waals surface area contributed by atoms with E-state index in [-0.39, 0.29) is 5.75 Å². The zero-order valence-electron chi connectivity index (χ0n) is 7.21. The molecule has 1 nitrogen and oxygen atoms in total. The number of rotatable bonds is 0. The number of phenolic OH excluding ortho intramolecular Hbond substituents is 1. The molecule has 0 saturated heterocycles. The molecule has 0 fully saturated rings. The van der Waals surface area contributed by atoms with E-state index in [4.69, 9.17) is 0 Å². The largest absolute Gasteiger partial charge is 0.504 e. The topological polar surface area (TPSA) is 20.2 Å². The first kappa shape index (κ1) is 8.05. The maximum absolute atomic E-state index is 13.1. The number of aryl methyl sites for hydroxylation is 1. The Labute approximate surface area is 75.4 Å². The van der Waals surface area contributed by atoms with Gasteiger partial charge in [0, 0.05) is 5.39 Å². The number of hydrogen-bond acceptors (Lipinski definition) is 1. The highest BCUT2D eigenvalue weighted by atomic mass is 19.1. The summed E-state index contributed by atoms with van der Waals surface area (Å²) in [7, 11) is 0. The number of phenols is 1. The normalized spacial score (nSPS) is 10.6. The fraction of sp³-hybridized carbons (Fsp3) is 0.0909. The van der Waals surface area contributed by atoms with E-state index in [1.165, 1.54) is 6.07 Å². The maximum Gasteiger partial charge on any atom is 0.165 e. The Balaban J connectivity index is 2.97. The molecule has 0 heterocycles. The summed E-state index contributed by atoms with van der Waals surface area (Å²) >= 11 is 0. The standard InChI is InChI=1S/C11H9FO/c1-7-6-10(12)11(13)9-5-3-2-4-8(7)9/h2-6,13H,1H3. The predicted octanol–water partition coefficient (Wildman–Crippen LogP) is 2.99. The monoisotopic (exact) mass is 176 g/mol. The van der Waals surface area contributed by atoms with Crippen LogP contribution in [0, 0.1) is 12.7 Å². The molecule has 0 amide bonds. The molecule has 0 aliphatic carbocycles. The van der Waals surface area contributed by atoms with Gasteiger partial charge in [-0.1, -0.05) is 24.3 Å². The van der Waals surface area contributed by atoms with E-state index < -0.39 is 5.82 Å². The highest BCUT2D eigenvalue weighted by Crippen LogP contribution is 2.29. The van der Waals surface area contributed by atoms with Gasteiger partial charge in [-0.3, -0.25) is 0 Å². The van der Waals surface area contributed by atoms with Gasteiger partial charge in [0.15, 0.2) is 11.6 Å². The summed E-state index contributed by atoms with van der Waals surface area (Å²) in [6, 6.07) is 8.57. The maximum atomic E-state index is 13.1. The van der Waals surface area contributed by atoms with Gasteiger partial charge in [-0.05, 0) is 23.9 Å². The second kappa shape index (κ2) is 2.73. The van der Waals surface area contributed by atoms with E-state index in [0.717, 1.165) is 10.9 Å². The van der Waals surface area contributed by atoms with Gasteiger partial charge in [-0.2, -0.15) is 0 Å². The third kappa shape index (κ3) is 1.15. The molecule has 2 heteroatoms. The molecule has 0 aliphatic rings. The number of halogens is 1. The van der Waals surface area contributed by atoms with Crippen molar-refractivity contribution in [3.05, 3.63) is 41.7 Å². The molecule has 2 aromatic carbocycles. The van der Waals surface area contributed by atoms with Crippen LogP contribution in [0.4, 0.5) is 4.39 Å². The minimum atomic E-state index is -0.559. The molecule has 2 aromatic rings. The first-order valence-corrected chi connectivity index (χ1v) is 4.07. The van der Waals surface area contributed by atoms with Crippen molar-refractivity contribution >= 4 is 10.8 Å². The summed E-state index contributed by atoms with van der Waals surface area (Å²) in [4.78, 5) is 0. The Morgan fingerprint density at radius 2 is 1.77 bits per heavy atom. The Kier molecular flexibility index (Phi) is 1.69. The van der Waals surface area contributed by atoms with Crippen LogP contribution in [-0.4, -0.2) is 5.11 Å². The summed E-state index contributed by atoms with van der Waals surface area (Å²) in [5.41, 5.74) is 0.839. The molecule has 0 aliphatic heterocycles. The number of aromatic hydroxyl groups is 1. The lowest BCUT2D eigenvalue weighted by Crippen LogP contribution is -1.83. The van der Waals surface area contributed by atoms with Gasteiger partial charge in [0.25, 0.3) is 0 Å². The van der Waals surface area contributed by atoms with E-state index in [9.17, 15) is 9.50 Å².